The highest BCUT2D eigenvalue weighted by molar-refractivity contribution is 9.12. The molecule has 1 heterocycles. The summed E-state index contributed by atoms with van der Waals surface area (Å²) >= 11 is 9.09. The second-order valence-corrected chi connectivity index (χ2v) is 11.4. The minimum atomic E-state index is -5.02. The topological polar surface area (TPSA) is 101 Å². The van der Waals surface area contributed by atoms with Crippen LogP contribution in [-0.2, 0) is 19.2 Å². The summed E-state index contributed by atoms with van der Waals surface area (Å²) in [5, 5.41) is 11.2. The number of allylic oxidation sites excluding steroid dienone is 6. The van der Waals surface area contributed by atoms with Crippen LogP contribution in [0.5, 0.6) is 11.5 Å². The maximum Gasteiger partial charge on any atom is 0.573 e. The van der Waals surface area contributed by atoms with Crippen LogP contribution in [0, 0.1) is 17.8 Å². The molecule has 6 rings (SSSR count). The van der Waals surface area contributed by atoms with E-state index in [9.17, 15) is 37.5 Å². The Morgan fingerprint density at radius 1 is 1.00 bits per heavy atom. The van der Waals surface area contributed by atoms with Crippen LogP contribution in [0.2, 0.25) is 5.02 Å². The summed E-state index contributed by atoms with van der Waals surface area (Å²) in [6, 6.07) is 9.10. The van der Waals surface area contributed by atoms with E-state index in [1.165, 1.54) is 0 Å². The molecule has 3 aliphatic carbocycles. The molecule has 4 aliphatic rings. The predicted molar refractivity (Wildman–Crippen MR) is 143 cm³/mol. The molecule has 0 spiro atoms. The molecule has 1 saturated heterocycles. The number of amides is 2. The van der Waals surface area contributed by atoms with Crippen molar-refractivity contribution in [1.29, 1.82) is 0 Å². The van der Waals surface area contributed by atoms with Gasteiger partial charge in [-0.15, -0.1) is 13.2 Å². The smallest absolute Gasteiger partial charge is 0.508 e. The highest BCUT2D eigenvalue weighted by Crippen LogP contribution is 2.57. The number of nitrogens with zero attached hydrogens (tertiary/aromatic N) is 1. The summed E-state index contributed by atoms with van der Waals surface area (Å²) < 4.78 is 43.2. The van der Waals surface area contributed by atoms with E-state index in [1.807, 2.05) is 0 Å². The normalized spacial score (nSPS) is 25.9. The van der Waals surface area contributed by atoms with Gasteiger partial charge >= 0.3 is 6.36 Å². The monoisotopic (exact) mass is 647 g/mol. The summed E-state index contributed by atoms with van der Waals surface area (Å²) in [4.78, 5) is 55.0. The first-order valence-electron chi connectivity index (χ1n) is 12.5. The summed E-state index contributed by atoms with van der Waals surface area (Å²) in [5.74, 6) is -6.60. The Morgan fingerprint density at radius 3 is 2.39 bits per heavy atom. The van der Waals surface area contributed by atoms with Crippen LogP contribution in [0.15, 0.2) is 75.8 Å². The standard InChI is InChI=1S/C29H18BrClF3NO6/c30-20-11-22(37)25-19(26(20)38)10-17-15(23(25)18-9-14(5-8-21(18)36)41-29(32,33)34)6-7-16-24(17)28(40)35(27(16)39)13-3-1-12(31)2-4-13/h1-6,8-9,11,16-17,23-24,36H,7,10H2/t16-,17+,23+,24-/m0/s1. The van der Waals surface area contributed by atoms with E-state index >= 15 is 0 Å². The fourth-order valence-electron chi connectivity index (χ4n) is 6.37. The molecule has 7 nitrogen and oxygen atoms in total. The molecular weight excluding hydrogens is 631 g/mol. The maximum absolute atomic E-state index is 13.8. The Balaban J connectivity index is 1.49. The first kappa shape index (κ1) is 27.5. The third-order valence-corrected chi connectivity index (χ3v) is 8.80. The van der Waals surface area contributed by atoms with Crippen LogP contribution >= 0.6 is 27.5 Å². The lowest BCUT2D eigenvalue weighted by Crippen LogP contribution is -2.39. The number of hydrogen-bond donors (Lipinski definition) is 1. The number of benzene rings is 2. The quantitative estimate of drug-likeness (QED) is 0.252. The van der Waals surface area contributed by atoms with E-state index < -0.39 is 64.9 Å². The van der Waals surface area contributed by atoms with E-state index in [0.29, 0.717) is 16.3 Å². The summed E-state index contributed by atoms with van der Waals surface area (Å²) in [6.45, 7) is 0. The Bertz CT molecular complexity index is 1640. The van der Waals surface area contributed by atoms with Crippen LogP contribution < -0.4 is 9.64 Å². The van der Waals surface area contributed by atoms with E-state index in [2.05, 4.69) is 20.7 Å². The predicted octanol–water partition coefficient (Wildman–Crippen LogP) is 5.91. The molecule has 2 aromatic carbocycles. The number of ether oxygens (including phenoxy) is 1. The summed E-state index contributed by atoms with van der Waals surface area (Å²) in [6.07, 6.45) is -2.17. The molecule has 0 radical (unpaired) electrons. The molecule has 4 atom stereocenters. The number of aromatic hydroxyl groups is 1. The zero-order chi connectivity index (χ0) is 29.4. The number of hydrogen-bond acceptors (Lipinski definition) is 6. The fourth-order valence-corrected chi connectivity index (χ4v) is 6.94. The Labute approximate surface area is 244 Å². The molecule has 210 valence electrons. The van der Waals surface area contributed by atoms with Gasteiger partial charge < -0.3 is 9.84 Å². The fraction of sp³-hybridized carbons (Fsp3) is 0.241. The van der Waals surface area contributed by atoms with E-state index in [0.717, 1.165) is 29.2 Å². The van der Waals surface area contributed by atoms with Crippen molar-refractivity contribution < 1.29 is 42.2 Å². The number of imide groups is 1. The van der Waals surface area contributed by atoms with Gasteiger partial charge in [0.15, 0.2) is 11.6 Å². The first-order valence-corrected chi connectivity index (χ1v) is 13.6. The number of carbonyl (C=O) groups excluding carboxylic acids is 4. The lowest BCUT2D eigenvalue weighted by atomic mass is 9.59. The van der Waals surface area contributed by atoms with Gasteiger partial charge in [-0.05, 0) is 77.2 Å². The highest BCUT2D eigenvalue weighted by Gasteiger charge is 2.57. The van der Waals surface area contributed by atoms with Crippen molar-refractivity contribution in [3.63, 3.8) is 0 Å². The molecule has 12 heteroatoms. The van der Waals surface area contributed by atoms with Crippen LogP contribution in [-0.4, -0.2) is 34.8 Å². The van der Waals surface area contributed by atoms with Gasteiger partial charge in [0.1, 0.15) is 11.5 Å². The van der Waals surface area contributed by atoms with Crippen LogP contribution in [0.25, 0.3) is 0 Å². The molecule has 1 N–H and O–H groups in total. The molecular formula is C29H18BrClF3NO6. The number of fused-ring (bicyclic) bond motifs is 3. The second kappa shape index (κ2) is 9.70. The molecule has 1 fully saturated rings. The van der Waals surface area contributed by atoms with Gasteiger partial charge in [0.05, 0.1) is 22.0 Å². The molecule has 41 heavy (non-hydrogen) atoms. The minimum absolute atomic E-state index is 0.00457. The molecule has 0 aromatic heterocycles. The average molecular weight is 649 g/mol. The number of carbonyl (C=O) groups is 4. The zero-order valence-corrected chi connectivity index (χ0v) is 23.1. The van der Waals surface area contributed by atoms with Crippen molar-refractivity contribution in [3.05, 3.63) is 86.4 Å². The SMILES string of the molecule is O=C1C=C(Br)C(=O)C2=C1[C@@H](c1cc(OC(F)(F)F)ccc1O)C1=CC[C@@H]3C(=O)N(c4ccc(Cl)cc4)C(=O)[C@@H]3[C@@H]1C2. The van der Waals surface area contributed by atoms with Gasteiger partial charge in [-0.3, -0.25) is 24.1 Å². The minimum Gasteiger partial charge on any atom is -0.508 e. The number of phenols is 1. The number of Topliss-reactive ketones (excluding diaryl/α,β-unsaturated/α-hetero) is 1. The molecule has 0 saturated carbocycles. The highest BCUT2D eigenvalue weighted by atomic mass is 79.9. The Kier molecular flexibility index (Phi) is 6.50. The lowest BCUT2D eigenvalue weighted by molar-refractivity contribution is -0.274. The van der Waals surface area contributed by atoms with Crippen molar-refractivity contribution >= 4 is 56.6 Å². The summed E-state index contributed by atoms with van der Waals surface area (Å²) in [5.41, 5.74) is 0.786. The third-order valence-electron chi connectivity index (χ3n) is 7.96. The van der Waals surface area contributed by atoms with Gasteiger partial charge in [0.2, 0.25) is 11.8 Å². The average Bonchev–Trinajstić information content (AvgIpc) is 3.17. The Morgan fingerprint density at radius 2 is 1.71 bits per heavy atom. The number of halogens is 5. The van der Waals surface area contributed by atoms with E-state index in [-0.39, 0.29) is 34.0 Å². The van der Waals surface area contributed by atoms with Crippen LogP contribution in [0.4, 0.5) is 18.9 Å². The molecule has 0 bridgehead atoms. The van der Waals surface area contributed by atoms with Gasteiger partial charge in [0, 0.05) is 33.7 Å². The maximum atomic E-state index is 13.8. The van der Waals surface area contributed by atoms with Crippen molar-refractivity contribution in [2.45, 2.75) is 25.1 Å². The van der Waals surface area contributed by atoms with Gasteiger partial charge in [-0.2, -0.15) is 0 Å². The number of alkyl halides is 3. The molecule has 2 aromatic rings. The number of anilines is 1. The van der Waals surface area contributed by atoms with Crippen molar-refractivity contribution in [1.82, 2.24) is 0 Å². The van der Waals surface area contributed by atoms with E-state index in [4.69, 9.17) is 11.6 Å². The second-order valence-electron chi connectivity index (χ2n) is 10.2. The van der Waals surface area contributed by atoms with Gasteiger partial charge in [0.25, 0.3) is 0 Å². The largest absolute Gasteiger partial charge is 0.573 e. The zero-order valence-electron chi connectivity index (χ0n) is 20.7. The lowest BCUT2D eigenvalue weighted by Gasteiger charge is -2.42. The van der Waals surface area contributed by atoms with Gasteiger partial charge in [-0.1, -0.05) is 23.3 Å². The van der Waals surface area contributed by atoms with Crippen LogP contribution in [0.3, 0.4) is 0 Å². The molecule has 0 unspecified atom stereocenters. The van der Waals surface area contributed by atoms with Gasteiger partial charge in [-0.25, -0.2) is 0 Å². The third kappa shape index (κ3) is 4.51. The Hall–Kier alpha value is -3.70. The molecule has 1 aliphatic heterocycles. The van der Waals surface area contributed by atoms with Crippen molar-refractivity contribution in [3.8, 4) is 11.5 Å². The van der Waals surface area contributed by atoms with E-state index in [1.54, 1.807) is 30.3 Å². The first-order chi connectivity index (χ1) is 19.4. The number of rotatable bonds is 3. The number of ketones is 2. The van der Waals surface area contributed by atoms with Crippen molar-refractivity contribution in [2.75, 3.05) is 4.90 Å². The van der Waals surface area contributed by atoms with Crippen molar-refractivity contribution in [2.24, 2.45) is 17.8 Å². The number of phenolic OH excluding ortho intramolecular Hbond substituents is 1. The molecule has 2 amide bonds. The summed E-state index contributed by atoms with van der Waals surface area (Å²) in [7, 11) is 0. The van der Waals surface area contributed by atoms with Crippen LogP contribution in [0.1, 0.15) is 24.3 Å².